The summed E-state index contributed by atoms with van der Waals surface area (Å²) in [5.41, 5.74) is 2.64. The van der Waals surface area contributed by atoms with Crippen molar-refractivity contribution in [3.63, 3.8) is 0 Å². The molecular formula is C21H25N3O2S. The van der Waals surface area contributed by atoms with E-state index in [0.29, 0.717) is 45.6 Å². The van der Waals surface area contributed by atoms with E-state index in [2.05, 4.69) is 25.2 Å². The lowest BCUT2D eigenvalue weighted by Gasteiger charge is -2.17. The van der Waals surface area contributed by atoms with Crippen molar-refractivity contribution in [1.29, 1.82) is 5.26 Å². The molecule has 0 unspecified atom stereocenters. The van der Waals surface area contributed by atoms with Gasteiger partial charge in [-0.25, -0.2) is 0 Å². The van der Waals surface area contributed by atoms with Crippen LogP contribution in [0.4, 0.5) is 5.00 Å². The van der Waals surface area contributed by atoms with Crippen molar-refractivity contribution in [2.24, 2.45) is 0 Å². The van der Waals surface area contributed by atoms with Crippen molar-refractivity contribution in [2.45, 2.75) is 40.5 Å². The molecule has 0 atom stereocenters. The third-order valence-corrected chi connectivity index (χ3v) is 5.77. The smallest absolute Gasteiger partial charge is 0.264 e. The van der Waals surface area contributed by atoms with Gasteiger partial charge in [-0.2, -0.15) is 5.26 Å². The number of rotatable bonds is 6. The average Bonchev–Trinajstić information content (AvgIpc) is 2.97. The first-order valence-electron chi connectivity index (χ1n) is 9.08. The average molecular weight is 384 g/mol. The van der Waals surface area contributed by atoms with Gasteiger partial charge in [0.2, 0.25) is 0 Å². The number of nitrogens with zero attached hydrogens (tertiary/aromatic N) is 2. The van der Waals surface area contributed by atoms with E-state index >= 15 is 0 Å². The van der Waals surface area contributed by atoms with Crippen molar-refractivity contribution in [2.75, 3.05) is 18.4 Å². The Hall–Kier alpha value is -2.65. The Morgan fingerprint density at radius 3 is 2.26 bits per heavy atom. The van der Waals surface area contributed by atoms with Crippen LogP contribution in [0.25, 0.3) is 0 Å². The fourth-order valence-electron chi connectivity index (χ4n) is 2.79. The quantitative estimate of drug-likeness (QED) is 0.780. The van der Waals surface area contributed by atoms with Gasteiger partial charge in [0.1, 0.15) is 11.1 Å². The second kappa shape index (κ2) is 8.83. The Bertz CT molecular complexity index is 872. The summed E-state index contributed by atoms with van der Waals surface area (Å²) in [6, 6.07) is 9.53. The van der Waals surface area contributed by atoms with Crippen LogP contribution in [0.5, 0.6) is 0 Å². The van der Waals surface area contributed by atoms with Crippen LogP contribution in [0, 0.1) is 18.3 Å². The number of carbonyl (C=O) groups excluding carboxylic acids is 2. The highest BCUT2D eigenvalue weighted by Gasteiger charge is 2.24. The number of thiophene rings is 1. The maximum Gasteiger partial charge on any atom is 0.264 e. The molecule has 1 aromatic heterocycles. The van der Waals surface area contributed by atoms with Gasteiger partial charge in [-0.05, 0) is 49.9 Å². The minimum atomic E-state index is -0.287. The predicted octanol–water partition coefficient (Wildman–Crippen LogP) is 4.79. The maximum atomic E-state index is 12.7. The zero-order valence-corrected chi connectivity index (χ0v) is 17.2. The molecule has 0 saturated carbocycles. The van der Waals surface area contributed by atoms with Gasteiger partial charge in [0.25, 0.3) is 11.8 Å². The summed E-state index contributed by atoms with van der Waals surface area (Å²) in [6.07, 6.45) is 0. The Labute approximate surface area is 164 Å². The van der Waals surface area contributed by atoms with Crippen LogP contribution in [0.15, 0.2) is 24.3 Å². The van der Waals surface area contributed by atoms with E-state index in [1.807, 2.05) is 26.0 Å². The van der Waals surface area contributed by atoms with Gasteiger partial charge in [0.05, 0.1) is 10.4 Å². The van der Waals surface area contributed by atoms with E-state index in [4.69, 9.17) is 0 Å². The lowest BCUT2D eigenvalue weighted by Crippen LogP contribution is -2.30. The zero-order chi connectivity index (χ0) is 20.1. The molecule has 2 amide bonds. The highest BCUT2D eigenvalue weighted by molar-refractivity contribution is 7.18. The molecule has 0 saturated heterocycles. The summed E-state index contributed by atoms with van der Waals surface area (Å²) in [4.78, 5) is 27.5. The third-order valence-electron chi connectivity index (χ3n) is 4.57. The number of hydrogen-bond donors (Lipinski definition) is 1. The molecule has 27 heavy (non-hydrogen) atoms. The summed E-state index contributed by atoms with van der Waals surface area (Å²) < 4.78 is 0. The highest BCUT2D eigenvalue weighted by atomic mass is 32.1. The second-order valence-electron chi connectivity index (χ2n) is 6.58. The molecule has 6 heteroatoms. The van der Waals surface area contributed by atoms with E-state index in [1.54, 1.807) is 24.0 Å². The molecule has 1 heterocycles. The van der Waals surface area contributed by atoms with Crippen molar-refractivity contribution in [3.8, 4) is 6.07 Å². The molecule has 0 aliphatic heterocycles. The normalized spacial score (nSPS) is 10.6. The fourth-order valence-corrected chi connectivity index (χ4v) is 3.91. The minimum absolute atomic E-state index is 0.110. The molecule has 0 spiro atoms. The van der Waals surface area contributed by atoms with Crippen molar-refractivity contribution in [3.05, 3.63) is 51.4 Å². The fraction of sp³-hybridized carbons (Fsp3) is 0.381. The Morgan fingerprint density at radius 1 is 1.19 bits per heavy atom. The van der Waals surface area contributed by atoms with Gasteiger partial charge in [0.15, 0.2) is 0 Å². The van der Waals surface area contributed by atoms with Gasteiger partial charge < -0.3 is 10.2 Å². The first-order valence-corrected chi connectivity index (χ1v) is 9.89. The lowest BCUT2D eigenvalue weighted by molar-refractivity contribution is 0.0777. The lowest BCUT2D eigenvalue weighted by atomic mass is 10.0. The number of amides is 2. The largest absolute Gasteiger partial charge is 0.338 e. The summed E-state index contributed by atoms with van der Waals surface area (Å²) in [6.45, 7) is 11.0. The van der Waals surface area contributed by atoms with Gasteiger partial charge in [-0.3, -0.25) is 9.59 Å². The molecule has 0 fully saturated rings. The van der Waals surface area contributed by atoms with Crippen LogP contribution in [0.2, 0.25) is 0 Å². The number of benzene rings is 1. The first-order chi connectivity index (χ1) is 12.8. The standard InChI is InChI=1S/C21H25N3O2S/c1-6-24(7-2)21(26)18-14(5)17(12-22)20(27-18)23-19(25)16-10-8-15(9-11-16)13(3)4/h8-11,13H,6-7H2,1-5H3,(H,23,25). The van der Waals surface area contributed by atoms with E-state index in [-0.39, 0.29) is 11.8 Å². The van der Waals surface area contributed by atoms with E-state index in [9.17, 15) is 14.9 Å². The SMILES string of the molecule is CCN(CC)C(=O)c1sc(NC(=O)c2ccc(C(C)C)cc2)c(C#N)c1C. The van der Waals surface area contributed by atoms with E-state index in [1.165, 1.54) is 0 Å². The van der Waals surface area contributed by atoms with Crippen LogP contribution in [0.3, 0.4) is 0 Å². The van der Waals surface area contributed by atoms with Crippen molar-refractivity contribution in [1.82, 2.24) is 4.90 Å². The molecular weight excluding hydrogens is 358 g/mol. The molecule has 2 rings (SSSR count). The van der Waals surface area contributed by atoms with Crippen LogP contribution >= 0.6 is 11.3 Å². The molecule has 5 nitrogen and oxygen atoms in total. The molecule has 142 valence electrons. The van der Waals surface area contributed by atoms with Gasteiger partial charge in [-0.15, -0.1) is 11.3 Å². The molecule has 0 aliphatic rings. The maximum absolute atomic E-state index is 12.7. The molecule has 0 bridgehead atoms. The van der Waals surface area contributed by atoms with Gasteiger partial charge in [0, 0.05) is 18.7 Å². The Morgan fingerprint density at radius 2 is 1.78 bits per heavy atom. The second-order valence-corrected chi connectivity index (χ2v) is 7.60. The van der Waals surface area contributed by atoms with Crippen molar-refractivity contribution < 1.29 is 9.59 Å². The van der Waals surface area contributed by atoms with Crippen LogP contribution in [0.1, 0.15) is 70.3 Å². The summed E-state index contributed by atoms with van der Waals surface area (Å²) >= 11 is 1.16. The number of carbonyl (C=O) groups is 2. The Kier molecular flexibility index (Phi) is 6.75. The monoisotopic (exact) mass is 383 g/mol. The molecule has 0 radical (unpaired) electrons. The van der Waals surface area contributed by atoms with Crippen LogP contribution in [-0.4, -0.2) is 29.8 Å². The molecule has 1 N–H and O–H groups in total. The van der Waals surface area contributed by atoms with Gasteiger partial charge in [-0.1, -0.05) is 26.0 Å². The molecule has 1 aromatic carbocycles. The Balaban J connectivity index is 2.30. The predicted molar refractivity (Wildman–Crippen MR) is 110 cm³/mol. The van der Waals surface area contributed by atoms with Gasteiger partial charge >= 0.3 is 0 Å². The number of nitrogens with one attached hydrogen (secondary N) is 1. The zero-order valence-electron chi connectivity index (χ0n) is 16.4. The number of anilines is 1. The third kappa shape index (κ3) is 4.37. The number of nitriles is 1. The van der Waals surface area contributed by atoms with Crippen molar-refractivity contribution >= 4 is 28.2 Å². The molecule has 0 aliphatic carbocycles. The summed E-state index contributed by atoms with van der Waals surface area (Å²) in [5.74, 6) is -0.00780. The number of hydrogen-bond acceptors (Lipinski definition) is 4. The van der Waals surface area contributed by atoms with E-state index < -0.39 is 0 Å². The minimum Gasteiger partial charge on any atom is -0.338 e. The molecule has 2 aromatic rings. The first kappa shape index (κ1) is 20.7. The summed E-state index contributed by atoms with van der Waals surface area (Å²) in [5, 5.41) is 12.7. The van der Waals surface area contributed by atoms with Crippen LogP contribution < -0.4 is 5.32 Å². The van der Waals surface area contributed by atoms with E-state index in [0.717, 1.165) is 16.9 Å². The topological polar surface area (TPSA) is 73.2 Å². The highest BCUT2D eigenvalue weighted by Crippen LogP contribution is 2.33. The summed E-state index contributed by atoms with van der Waals surface area (Å²) in [7, 11) is 0. The van der Waals surface area contributed by atoms with Crippen LogP contribution in [-0.2, 0) is 0 Å².